The van der Waals surface area contributed by atoms with Crippen molar-refractivity contribution in [2.45, 2.75) is 6.42 Å². The van der Waals surface area contributed by atoms with Crippen LogP contribution in [0.15, 0.2) is 140 Å². The van der Waals surface area contributed by atoms with Crippen molar-refractivity contribution < 1.29 is 0 Å². The molecule has 9 rings (SSSR count). The SMILES string of the molecule is C1=Cc2c(n(-c3cc(-c4ccccc4)nc(-c4ccc5c6ccccc6c6ccccc6c5c4)n3)c3ccccc23)C=CC1. The van der Waals surface area contributed by atoms with Crippen molar-refractivity contribution in [1.82, 2.24) is 14.5 Å². The monoisotopic (exact) mass is 561 g/mol. The number of aromatic nitrogens is 3. The van der Waals surface area contributed by atoms with Gasteiger partial charge in [0.05, 0.1) is 16.9 Å². The molecule has 0 fully saturated rings. The van der Waals surface area contributed by atoms with E-state index in [9.17, 15) is 0 Å². The quantitative estimate of drug-likeness (QED) is 0.201. The molecule has 2 aromatic heterocycles. The van der Waals surface area contributed by atoms with Gasteiger partial charge in [0.25, 0.3) is 0 Å². The Hall–Kier alpha value is -5.80. The first-order chi connectivity index (χ1) is 21.8. The highest BCUT2D eigenvalue weighted by Gasteiger charge is 2.19. The Kier molecular flexibility index (Phi) is 5.57. The molecule has 0 unspecified atom stereocenters. The maximum atomic E-state index is 5.30. The van der Waals surface area contributed by atoms with Crippen molar-refractivity contribution in [3.8, 4) is 28.5 Å². The number of allylic oxidation sites excluding steroid dienone is 2. The number of para-hydroxylation sites is 1. The van der Waals surface area contributed by atoms with Gasteiger partial charge in [0.1, 0.15) is 5.82 Å². The molecule has 0 saturated heterocycles. The van der Waals surface area contributed by atoms with Gasteiger partial charge in [-0.15, -0.1) is 0 Å². The largest absolute Gasteiger partial charge is 0.294 e. The van der Waals surface area contributed by atoms with Gasteiger partial charge in [0.2, 0.25) is 0 Å². The van der Waals surface area contributed by atoms with Crippen LogP contribution in [-0.4, -0.2) is 14.5 Å². The Morgan fingerprint density at radius 2 is 1.09 bits per heavy atom. The van der Waals surface area contributed by atoms with Crippen LogP contribution >= 0.6 is 0 Å². The minimum Gasteiger partial charge on any atom is -0.294 e. The van der Waals surface area contributed by atoms with E-state index >= 15 is 0 Å². The van der Waals surface area contributed by atoms with Gasteiger partial charge in [-0.05, 0) is 56.9 Å². The number of rotatable bonds is 3. The van der Waals surface area contributed by atoms with Crippen molar-refractivity contribution in [3.05, 3.63) is 151 Å². The summed E-state index contributed by atoms with van der Waals surface area (Å²) >= 11 is 0. The molecule has 1 aliphatic carbocycles. The molecule has 8 aromatic rings. The Morgan fingerprint density at radius 3 is 1.84 bits per heavy atom. The van der Waals surface area contributed by atoms with Crippen LogP contribution in [0.5, 0.6) is 0 Å². The summed E-state index contributed by atoms with van der Waals surface area (Å²) in [6, 6.07) is 45.2. The van der Waals surface area contributed by atoms with E-state index in [-0.39, 0.29) is 0 Å². The Morgan fingerprint density at radius 1 is 0.477 bits per heavy atom. The molecular formula is C41H27N3. The first-order valence-corrected chi connectivity index (χ1v) is 15.1. The van der Waals surface area contributed by atoms with E-state index < -0.39 is 0 Å². The molecule has 44 heavy (non-hydrogen) atoms. The van der Waals surface area contributed by atoms with E-state index in [4.69, 9.17) is 9.97 Å². The molecule has 0 atom stereocenters. The molecule has 206 valence electrons. The minimum absolute atomic E-state index is 0.708. The fraction of sp³-hybridized carbons (Fsp3) is 0.0244. The molecule has 1 aliphatic rings. The normalized spacial score (nSPS) is 12.7. The summed E-state index contributed by atoms with van der Waals surface area (Å²) < 4.78 is 2.29. The highest BCUT2D eigenvalue weighted by Crippen LogP contribution is 2.38. The van der Waals surface area contributed by atoms with Crippen molar-refractivity contribution in [3.63, 3.8) is 0 Å². The van der Waals surface area contributed by atoms with E-state index in [1.807, 2.05) is 6.07 Å². The van der Waals surface area contributed by atoms with E-state index in [1.54, 1.807) is 0 Å². The van der Waals surface area contributed by atoms with Gasteiger partial charge in [-0.25, -0.2) is 9.97 Å². The van der Waals surface area contributed by atoms with Crippen molar-refractivity contribution >= 4 is 55.4 Å². The topological polar surface area (TPSA) is 30.7 Å². The van der Waals surface area contributed by atoms with Gasteiger partial charge < -0.3 is 0 Å². The average molecular weight is 562 g/mol. The highest BCUT2D eigenvalue weighted by atomic mass is 15.1. The van der Waals surface area contributed by atoms with Crippen molar-refractivity contribution in [2.75, 3.05) is 0 Å². The predicted molar refractivity (Wildman–Crippen MR) is 185 cm³/mol. The maximum absolute atomic E-state index is 5.30. The van der Waals surface area contributed by atoms with E-state index in [0.717, 1.165) is 40.3 Å². The fourth-order valence-electron chi connectivity index (χ4n) is 6.80. The zero-order chi connectivity index (χ0) is 29.0. The van der Waals surface area contributed by atoms with E-state index in [1.165, 1.54) is 43.3 Å². The van der Waals surface area contributed by atoms with Crippen LogP contribution in [-0.2, 0) is 0 Å². The molecule has 0 amide bonds. The molecule has 0 bridgehead atoms. The smallest absolute Gasteiger partial charge is 0.162 e. The molecule has 0 spiro atoms. The third-order valence-corrected chi connectivity index (χ3v) is 8.80. The molecule has 6 aromatic carbocycles. The molecule has 2 heterocycles. The Bertz CT molecular complexity index is 2430. The number of benzene rings is 6. The second-order valence-corrected chi connectivity index (χ2v) is 11.3. The predicted octanol–water partition coefficient (Wildman–Crippen LogP) is 10.6. The molecule has 0 radical (unpaired) electrons. The minimum atomic E-state index is 0.708. The average Bonchev–Trinajstić information content (AvgIpc) is 3.22. The van der Waals surface area contributed by atoms with Gasteiger partial charge in [-0.2, -0.15) is 0 Å². The summed E-state index contributed by atoms with van der Waals surface area (Å²) in [5.74, 6) is 1.56. The van der Waals surface area contributed by atoms with Crippen LogP contribution in [0.4, 0.5) is 0 Å². The van der Waals surface area contributed by atoms with Crippen LogP contribution in [0.3, 0.4) is 0 Å². The van der Waals surface area contributed by atoms with Gasteiger partial charge in [-0.1, -0.05) is 127 Å². The molecule has 3 nitrogen and oxygen atoms in total. The highest BCUT2D eigenvalue weighted by molar-refractivity contribution is 6.25. The van der Waals surface area contributed by atoms with Crippen LogP contribution in [0.25, 0.3) is 83.8 Å². The number of fused-ring (bicyclic) bond motifs is 9. The summed E-state index contributed by atoms with van der Waals surface area (Å²) in [5.41, 5.74) is 6.45. The van der Waals surface area contributed by atoms with E-state index in [0.29, 0.717) is 5.82 Å². The Balaban J connectivity index is 1.34. The third kappa shape index (κ3) is 3.83. The first kappa shape index (κ1) is 24.8. The number of hydrogen-bond acceptors (Lipinski definition) is 2. The molecule has 0 aliphatic heterocycles. The van der Waals surface area contributed by atoms with Gasteiger partial charge in [0.15, 0.2) is 5.82 Å². The lowest BCUT2D eigenvalue weighted by Crippen LogP contribution is -2.04. The molecule has 3 heteroatoms. The third-order valence-electron chi connectivity index (χ3n) is 8.80. The number of hydrogen-bond donors (Lipinski definition) is 0. The van der Waals surface area contributed by atoms with Crippen molar-refractivity contribution in [2.24, 2.45) is 0 Å². The van der Waals surface area contributed by atoms with Crippen molar-refractivity contribution in [1.29, 1.82) is 0 Å². The van der Waals surface area contributed by atoms with Crippen LogP contribution in [0.2, 0.25) is 0 Å². The van der Waals surface area contributed by atoms with Gasteiger partial charge >= 0.3 is 0 Å². The molecular weight excluding hydrogens is 534 g/mol. The lowest BCUT2D eigenvalue weighted by atomic mass is 9.93. The van der Waals surface area contributed by atoms with Crippen LogP contribution in [0, 0.1) is 0 Å². The number of nitrogens with zero attached hydrogens (tertiary/aromatic N) is 3. The summed E-state index contributed by atoms with van der Waals surface area (Å²) in [5, 5.41) is 8.69. The van der Waals surface area contributed by atoms with Gasteiger partial charge in [-0.3, -0.25) is 4.57 Å². The first-order valence-electron chi connectivity index (χ1n) is 15.1. The van der Waals surface area contributed by atoms with Gasteiger partial charge in [0, 0.05) is 28.1 Å². The zero-order valence-corrected chi connectivity index (χ0v) is 24.0. The lowest BCUT2D eigenvalue weighted by molar-refractivity contribution is 1.01. The fourth-order valence-corrected chi connectivity index (χ4v) is 6.80. The lowest BCUT2D eigenvalue weighted by Gasteiger charge is -2.14. The zero-order valence-electron chi connectivity index (χ0n) is 24.0. The second kappa shape index (κ2) is 9.89. The van der Waals surface area contributed by atoms with Crippen LogP contribution in [0.1, 0.15) is 17.7 Å². The molecule has 0 saturated carbocycles. The standard InChI is InChI=1S/C41H27N3/c1-3-13-27(14-4-1)37-26-40(44-38-21-6-2-5-19-34(38)35-20-11-12-22-39(35)44)43-41(42-37)28-23-24-33-31-17-8-7-15-29(31)30-16-9-10-18-32(30)36(33)25-28/h1,3-26H,2H2. The summed E-state index contributed by atoms with van der Waals surface area (Å²) in [6.45, 7) is 0. The summed E-state index contributed by atoms with van der Waals surface area (Å²) in [4.78, 5) is 10.5. The maximum Gasteiger partial charge on any atom is 0.162 e. The summed E-state index contributed by atoms with van der Waals surface area (Å²) in [6.07, 6.45) is 9.83. The van der Waals surface area contributed by atoms with Crippen LogP contribution < -0.4 is 0 Å². The van der Waals surface area contributed by atoms with E-state index in [2.05, 4.69) is 150 Å². The Labute approximate surface area is 255 Å². The second-order valence-electron chi connectivity index (χ2n) is 11.3. The molecule has 0 N–H and O–H groups in total. The summed E-state index contributed by atoms with van der Waals surface area (Å²) in [7, 11) is 0.